The highest BCUT2D eigenvalue weighted by molar-refractivity contribution is 5.79. The summed E-state index contributed by atoms with van der Waals surface area (Å²) < 4.78 is 19.5. The van der Waals surface area contributed by atoms with Gasteiger partial charge in [0.25, 0.3) is 0 Å². The van der Waals surface area contributed by atoms with Crippen molar-refractivity contribution in [1.29, 1.82) is 0 Å². The Morgan fingerprint density at radius 3 is 2.90 bits per heavy atom. The molecule has 1 aliphatic heterocycles. The van der Waals surface area contributed by atoms with Gasteiger partial charge < -0.3 is 10.5 Å². The van der Waals surface area contributed by atoms with Gasteiger partial charge in [-0.05, 0) is 36.3 Å². The van der Waals surface area contributed by atoms with Crippen LogP contribution in [0.1, 0.15) is 37.8 Å². The van der Waals surface area contributed by atoms with Gasteiger partial charge in [0.2, 0.25) is 5.91 Å². The van der Waals surface area contributed by atoms with Crippen LogP contribution in [-0.4, -0.2) is 12.5 Å². The Morgan fingerprint density at radius 1 is 1.50 bits per heavy atom. The van der Waals surface area contributed by atoms with Gasteiger partial charge in [0, 0.05) is 23.5 Å². The van der Waals surface area contributed by atoms with Crippen molar-refractivity contribution >= 4 is 5.91 Å². The van der Waals surface area contributed by atoms with E-state index in [4.69, 9.17) is 10.5 Å². The zero-order chi connectivity index (χ0) is 14.5. The monoisotopic (exact) mass is 277 g/mol. The molecule has 1 aromatic rings. The average molecular weight is 277 g/mol. The second kappa shape index (κ2) is 4.47. The Hall–Kier alpha value is -1.58. The van der Waals surface area contributed by atoms with Crippen LogP contribution in [-0.2, 0) is 16.6 Å². The number of carbonyl (C=O) groups is 1. The molecular weight excluding hydrogens is 257 g/mol. The molecule has 0 radical (unpaired) electrons. The fourth-order valence-electron chi connectivity index (χ4n) is 3.36. The summed E-state index contributed by atoms with van der Waals surface area (Å²) in [4.78, 5) is 11.2. The van der Waals surface area contributed by atoms with Crippen LogP contribution in [0.3, 0.4) is 0 Å². The third-order valence-electron chi connectivity index (χ3n) is 4.54. The van der Waals surface area contributed by atoms with Gasteiger partial charge in [-0.1, -0.05) is 13.8 Å². The highest BCUT2D eigenvalue weighted by Crippen LogP contribution is 2.49. The summed E-state index contributed by atoms with van der Waals surface area (Å²) in [6.07, 6.45) is 2.46. The molecule has 4 heteroatoms. The first-order chi connectivity index (χ1) is 9.38. The Labute approximate surface area is 118 Å². The molecule has 0 aromatic heterocycles. The summed E-state index contributed by atoms with van der Waals surface area (Å²) in [5.41, 5.74) is 6.99. The molecule has 20 heavy (non-hydrogen) atoms. The summed E-state index contributed by atoms with van der Waals surface area (Å²) in [6.45, 7) is 4.79. The van der Waals surface area contributed by atoms with Gasteiger partial charge in [0.1, 0.15) is 11.6 Å². The lowest BCUT2D eigenvalue weighted by Crippen LogP contribution is -2.21. The SMILES string of the molecule is CC(C)(C[C@H]1C[C@@H]1C(N)=O)c1cc(F)cc2c1OCC2. The largest absolute Gasteiger partial charge is 0.493 e. The molecule has 2 aliphatic rings. The number of hydrogen-bond acceptors (Lipinski definition) is 2. The number of hydrogen-bond donors (Lipinski definition) is 1. The number of benzene rings is 1. The van der Waals surface area contributed by atoms with E-state index in [0.29, 0.717) is 12.5 Å². The van der Waals surface area contributed by atoms with E-state index in [2.05, 4.69) is 13.8 Å². The second-order valence-corrected chi connectivity index (χ2v) is 6.63. The number of primary amides is 1. The molecule has 1 fully saturated rings. The first-order valence-corrected chi connectivity index (χ1v) is 7.13. The van der Waals surface area contributed by atoms with Crippen LogP contribution in [0.15, 0.2) is 12.1 Å². The summed E-state index contributed by atoms with van der Waals surface area (Å²) in [6, 6.07) is 3.14. The van der Waals surface area contributed by atoms with Crippen LogP contribution >= 0.6 is 0 Å². The van der Waals surface area contributed by atoms with Crippen molar-refractivity contribution in [3.8, 4) is 5.75 Å². The van der Waals surface area contributed by atoms with E-state index in [-0.39, 0.29) is 23.1 Å². The first-order valence-electron chi connectivity index (χ1n) is 7.13. The fourth-order valence-corrected chi connectivity index (χ4v) is 3.36. The minimum absolute atomic E-state index is 0.00296. The molecule has 0 saturated heterocycles. The third-order valence-corrected chi connectivity index (χ3v) is 4.54. The van der Waals surface area contributed by atoms with Crippen molar-refractivity contribution in [2.75, 3.05) is 6.61 Å². The van der Waals surface area contributed by atoms with Gasteiger partial charge >= 0.3 is 0 Å². The van der Waals surface area contributed by atoms with Gasteiger partial charge in [0.05, 0.1) is 6.61 Å². The Balaban J connectivity index is 1.86. The lowest BCUT2D eigenvalue weighted by atomic mass is 9.78. The molecule has 2 atom stereocenters. The van der Waals surface area contributed by atoms with Crippen LogP contribution in [0.25, 0.3) is 0 Å². The third kappa shape index (κ3) is 2.28. The van der Waals surface area contributed by atoms with Gasteiger partial charge in [-0.3, -0.25) is 4.79 Å². The topological polar surface area (TPSA) is 52.3 Å². The molecule has 1 saturated carbocycles. The molecule has 3 rings (SSSR count). The van der Waals surface area contributed by atoms with E-state index in [9.17, 15) is 9.18 Å². The molecule has 0 spiro atoms. The molecule has 0 unspecified atom stereocenters. The van der Waals surface area contributed by atoms with E-state index in [1.807, 2.05) is 0 Å². The molecule has 3 nitrogen and oxygen atoms in total. The molecule has 2 N–H and O–H groups in total. The van der Waals surface area contributed by atoms with Crippen molar-refractivity contribution in [3.63, 3.8) is 0 Å². The molecule has 1 aromatic carbocycles. The number of rotatable bonds is 4. The van der Waals surface area contributed by atoms with Crippen molar-refractivity contribution in [1.82, 2.24) is 0 Å². The van der Waals surface area contributed by atoms with Crippen LogP contribution in [0, 0.1) is 17.7 Å². The number of halogens is 1. The quantitative estimate of drug-likeness (QED) is 0.919. The zero-order valence-electron chi connectivity index (χ0n) is 11.9. The van der Waals surface area contributed by atoms with Crippen LogP contribution < -0.4 is 10.5 Å². The van der Waals surface area contributed by atoms with Crippen LogP contribution in [0.4, 0.5) is 4.39 Å². The van der Waals surface area contributed by atoms with Crippen molar-refractivity contribution in [2.45, 2.75) is 38.5 Å². The zero-order valence-corrected chi connectivity index (χ0v) is 11.9. The summed E-state index contributed by atoms with van der Waals surface area (Å²) in [5, 5.41) is 0. The Bertz CT molecular complexity index is 568. The lowest BCUT2D eigenvalue weighted by molar-refractivity contribution is -0.119. The molecule has 1 aliphatic carbocycles. The number of carbonyl (C=O) groups excluding carboxylic acids is 1. The number of amides is 1. The van der Waals surface area contributed by atoms with Gasteiger partial charge in [-0.2, -0.15) is 0 Å². The maximum atomic E-state index is 13.8. The highest BCUT2D eigenvalue weighted by atomic mass is 19.1. The van der Waals surface area contributed by atoms with E-state index in [0.717, 1.165) is 36.1 Å². The van der Waals surface area contributed by atoms with Crippen molar-refractivity contribution in [2.24, 2.45) is 17.6 Å². The predicted molar refractivity (Wildman–Crippen MR) is 74.0 cm³/mol. The Morgan fingerprint density at radius 2 is 2.25 bits per heavy atom. The van der Waals surface area contributed by atoms with Gasteiger partial charge in [-0.25, -0.2) is 4.39 Å². The predicted octanol–water partition coefficient (Wildman–Crippen LogP) is 2.55. The maximum Gasteiger partial charge on any atom is 0.220 e. The molecular formula is C16H20FNO2. The van der Waals surface area contributed by atoms with Gasteiger partial charge in [-0.15, -0.1) is 0 Å². The summed E-state index contributed by atoms with van der Waals surface area (Å²) in [5.74, 6) is 0.735. The van der Waals surface area contributed by atoms with E-state index in [1.165, 1.54) is 0 Å². The number of ether oxygens (including phenoxy) is 1. The Kier molecular flexibility index (Phi) is 3.00. The van der Waals surface area contributed by atoms with Crippen molar-refractivity contribution < 1.29 is 13.9 Å². The number of nitrogens with two attached hydrogens (primary N) is 1. The minimum Gasteiger partial charge on any atom is -0.493 e. The lowest BCUT2D eigenvalue weighted by Gasteiger charge is -2.27. The minimum atomic E-state index is -0.217. The highest BCUT2D eigenvalue weighted by Gasteiger charge is 2.45. The number of fused-ring (bicyclic) bond motifs is 1. The normalized spacial score (nSPS) is 24.1. The van der Waals surface area contributed by atoms with E-state index in [1.54, 1.807) is 12.1 Å². The van der Waals surface area contributed by atoms with E-state index < -0.39 is 0 Å². The smallest absolute Gasteiger partial charge is 0.220 e. The van der Waals surface area contributed by atoms with Gasteiger partial charge in [0.15, 0.2) is 0 Å². The summed E-state index contributed by atoms with van der Waals surface area (Å²) >= 11 is 0. The summed E-state index contributed by atoms with van der Waals surface area (Å²) in [7, 11) is 0. The fraction of sp³-hybridized carbons (Fsp3) is 0.562. The van der Waals surface area contributed by atoms with Crippen LogP contribution in [0.5, 0.6) is 5.75 Å². The molecule has 1 heterocycles. The second-order valence-electron chi connectivity index (χ2n) is 6.63. The molecule has 1 amide bonds. The molecule has 108 valence electrons. The molecule has 0 bridgehead atoms. The maximum absolute atomic E-state index is 13.8. The van der Waals surface area contributed by atoms with Crippen LogP contribution in [0.2, 0.25) is 0 Å². The average Bonchev–Trinajstić information content (AvgIpc) is 2.95. The first kappa shape index (κ1) is 13.4. The van der Waals surface area contributed by atoms with E-state index >= 15 is 0 Å². The van der Waals surface area contributed by atoms with Crippen molar-refractivity contribution in [3.05, 3.63) is 29.1 Å². The standard InChI is InChI=1S/C16H20FNO2/c1-16(2,8-10-6-12(10)15(18)19)13-7-11(17)5-9-3-4-20-14(9)13/h5,7,10,12H,3-4,6,8H2,1-2H3,(H2,18,19)/t10-,12+/m1/s1.